The number of Topliss-reactive ketones (excluding diaryl/α,β-unsaturated/α-hetero) is 1. The van der Waals surface area contributed by atoms with E-state index in [-0.39, 0.29) is 16.4 Å². The molecule has 1 aromatic heterocycles. The number of fused-ring (bicyclic) bond motifs is 3. The van der Waals surface area contributed by atoms with Gasteiger partial charge in [-0.15, -0.1) is 0 Å². The van der Waals surface area contributed by atoms with Gasteiger partial charge in [-0.05, 0) is 67.3 Å². The zero-order chi connectivity index (χ0) is 22.0. The number of ketones is 1. The van der Waals surface area contributed by atoms with Gasteiger partial charge in [0, 0.05) is 40.6 Å². The lowest BCUT2D eigenvalue weighted by atomic mass is 10.0. The third-order valence-electron chi connectivity index (χ3n) is 5.77. The minimum Gasteiger partial charge on any atom is -0.309 e. The van der Waals surface area contributed by atoms with Gasteiger partial charge in [-0.3, -0.25) is 14.9 Å². The smallest absolute Gasteiger partial charge is 0.269 e. The minimum absolute atomic E-state index is 0.0683. The molecule has 5 heteroatoms. The highest BCUT2D eigenvalue weighted by atomic mass is 16.6. The Hall–Kier alpha value is -3.47. The molecule has 0 aliphatic heterocycles. The quantitative estimate of drug-likeness (QED) is 0.177. The van der Waals surface area contributed by atoms with E-state index in [0.717, 1.165) is 58.7 Å². The van der Waals surface area contributed by atoms with Crippen LogP contribution in [-0.4, -0.2) is 15.3 Å². The Kier molecular flexibility index (Phi) is 5.85. The Balaban J connectivity index is 1.95. The number of carbonyl (C=O) groups excluding carboxylic acids is 1. The Morgan fingerprint density at radius 3 is 2.23 bits per heavy atom. The van der Waals surface area contributed by atoms with E-state index in [1.54, 1.807) is 12.1 Å². The fourth-order valence-corrected chi connectivity index (χ4v) is 4.15. The largest absolute Gasteiger partial charge is 0.309 e. The van der Waals surface area contributed by atoms with Gasteiger partial charge in [-0.1, -0.05) is 26.3 Å². The van der Waals surface area contributed by atoms with Gasteiger partial charge in [0.1, 0.15) is 0 Å². The Bertz CT molecular complexity index is 1270. The molecule has 0 aliphatic rings. The maximum atomic E-state index is 12.5. The van der Waals surface area contributed by atoms with Crippen molar-refractivity contribution in [3.63, 3.8) is 0 Å². The van der Waals surface area contributed by atoms with E-state index in [0.29, 0.717) is 6.42 Å². The second-order valence-electron chi connectivity index (χ2n) is 7.97. The molecule has 0 aliphatic carbocycles. The molecule has 0 amide bonds. The molecule has 0 radical (unpaired) electrons. The number of aromatic nitrogens is 1. The molecule has 0 N–H and O–H groups in total. The number of nitrogens with zero attached hydrogens (tertiary/aromatic N) is 2. The van der Waals surface area contributed by atoms with Gasteiger partial charge in [0.25, 0.3) is 5.69 Å². The second kappa shape index (κ2) is 8.72. The second-order valence-corrected chi connectivity index (χ2v) is 7.97. The summed E-state index contributed by atoms with van der Waals surface area (Å²) in [4.78, 5) is 23.2. The highest BCUT2D eigenvalue weighted by molar-refractivity contribution is 6.12. The van der Waals surface area contributed by atoms with Crippen LogP contribution in [0, 0.1) is 10.1 Å². The standard InChI is InChI=1S/C26H26N2O3/c1-3-5-7-18-8-14-24-22(16-18)23-17-19(26(29)6-4-2)9-15-25(23)27(24)20-10-12-21(13-11-20)28(30)31/h8-17H,3-7H2,1-2H3. The SMILES string of the molecule is CCCCc1ccc2c(c1)c1cc(C(=O)CCC)ccc1n2-c1ccc([N+](=O)[O-])cc1. The highest BCUT2D eigenvalue weighted by Gasteiger charge is 2.16. The number of unbranched alkanes of at least 4 members (excludes halogenated alkanes) is 1. The summed E-state index contributed by atoms with van der Waals surface area (Å²) in [5.41, 5.74) is 4.96. The summed E-state index contributed by atoms with van der Waals surface area (Å²) in [7, 11) is 0. The summed E-state index contributed by atoms with van der Waals surface area (Å²) in [6, 6.07) is 19.0. The van der Waals surface area contributed by atoms with Crippen molar-refractivity contribution < 1.29 is 9.72 Å². The van der Waals surface area contributed by atoms with Crippen molar-refractivity contribution in [2.75, 3.05) is 0 Å². The van der Waals surface area contributed by atoms with E-state index in [4.69, 9.17) is 0 Å². The first kappa shape index (κ1) is 20.8. The minimum atomic E-state index is -0.388. The first-order valence-corrected chi connectivity index (χ1v) is 10.9. The van der Waals surface area contributed by atoms with Crippen molar-refractivity contribution >= 4 is 33.3 Å². The lowest BCUT2D eigenvalue weighted by molar-refractivity contribution is -0.384. The fraction of sp³-hybridized carbons (Fsp3) is 0.269. The number of aryl methyl sites for hydroxylation is 1. The van der Waals surface area contributed by atoms with Crippen LogP contribution in [0.25, 0.3) is 27.5 Å². The van der Waals surface area contributed by atoms with Gasteiger partial charge >= 0.3 is 0 Å². The number of non-ortho nitro benzene ring substituents is 1. The summed E-state index contributed by atoms with van der Waals surface area (Å²) in [5, 5.41) is 13.2. The summed E-state index contributed by atoms with van der Waals surface area (Å²) in [6.07, 6.45) is 4.65. The molecule has 0 fully saturated rings. The monoisotopic (exact) mass is 414 g/mol. The van der Waals surface area contributed by atoms with E-state index in [1.807, 2.05) is 25.1 Å². The summed E-state index contributed by atoms with van der Waals surface area (Å²) in [5.74, 6) is 0.155. The predicted octanol–water partition coefficient (Wildman–Crippen LogP) is 7.02. The Labute approximate surface area is 181 Å². The average molecular weight is 415 g/mol. The molecule has 0 spiro atoms. The highest BCUT2D eigenvalue weighted by Crippen LogP contribution is 2.34. The van der Waals surface area contributed by atoms with Crippen molar-refractivity contribution in [3.05, 3.63) is 81.9 Å². The molecule has 5 nitrogen and oxygen atoms in total. The Morgan fingerprint density at radius 2 is 1.58 bits per heavy atom. The van der Waals surface area contributed by atoms with Gasteiger partial charge in [0.2, 0.25) is 0 Å². The molecule has 0 saturated carbocycles. The molecule has 4 aromatic rings. The van der Waals surface area contributed by atoms with E-state index in [1.165, 1.54) is 17.7 Å². The first-order valence-electron chi connectivity index (χ1n) is 10.9. The fourth-order valence-electron chi connectivity index (χ4n) is 4.15. The lowest BCUT2D eigenvalue weighted by Gasteiger charge is -2.08. The van der Waals surface area contributed by atoms with Crippen molar-refractivity contribution in [1.29, 1.82) is 0 Å². The zero-order valence-corrected chi connectivity index (χ0v) is 17.9. The topological polar surface area (TPSA) is 65.1 Å². The van der Waals surface area contributed by atoms with Crippen LogP contribution in [0.5, 0.6) is 0 Å². The molecule has 0 bridgehead atoms. The van der Waals surface area contributed by atoms with Crippen LogP contribution >= 0.6 is 0 Å². The molecule has 3 aromatic carbocycles. The normalized spacial score (nSPS) is 11.3. The predicted molar refractivity (Wildman–Crippen MR) is 125 cm³/mol. The number of rotatable bonds is 8. The molecule has 31 heavy (non-hydrogen) atoms. The van der Waals surface area contributed by atoms with Crippen molar-refractivity contribution in [1.82, 2.24) is 4.57 Å². The third-order valence-corrected chi connectivity index (χ3v) is 5.77. The van der Waals surface area contributed by atoms with E-state index < -0.39 is 0 Å². The maximum absolute atomic E-state index is 12.5. The van der Waals surface area contributed by atoms with Crippen LogP contribution < -0.4 is 0 Å². The van der Waals surface area contributed by atoms with E-state index >= 15 is 0 Å². The number of benzene rings is 3. The van der Waals surface area contributed by atoms with Gasteiger partial charge in [-0.25, -0.2) is 0 Å². The van der Waals surface area contributed by atoms with Gasteiger partial charge < -0.3 is 4.57 Å². The number of nitro groups is 1. The number of carbonyl (C=O) groups is 1. The van der Waals surface area contributed by atoms with Gasteiger partial charge in [0.05, 0.1) is 16.0 Å². The van der Waals surface area contributed by atoms with E-state index in [9.17, 15) is 14.9 Å². The Morgan fingerprint density at radius 1 is 0.903 bits per heavy atom. The van der Waals surface area contributed by atoms with Crippen LogP contribution in [0.3, 0.4) is 0 Å². The van der Waals surface area contributed by atoms with Crippen molar-refractivity contribution in [2.24, 2.45) is 0 Å². The first-order chi connectivity index (χ1) is 15.0. The molecule has 0 atom stereocenters. The molecule has 0 saturated heterocycles. The zero-order valence-electron chi connectivity index (χ0n) is 17.9. The van der Waals surface area contributed by atoms with Gasteiger partial charge in [-0.2, -0.15) is 0 Å². The van der Waals surface area contributed by atoms with Crippen molar-refractivity contribution in [3.8, 4) is 5.69 Å². The molecule has 4 rings (SSSR count). The number of hydrogen-bond donors (Lipinski definition) is 0. The number of nitro benzene ring substituents is 1. The molecular formula is C26H26N2O3. The summed E-state index contributed by atoms with van der Waals surface area (Å²) < 4.78 is 2.12. The lowest BCUT2D eigenvalue weighted by Crippen LogP contribution is -1.98. The van der Waals surface area contributed by atoms with Crippen LogP contribution in [-0.2, 0) is 6.42 Å². The molecule has 1 heterocycles. The van der Waals surface area contributed by atoms with E-state index in [2.05, 4.69) is 29.7 Å². The summed E-state index contributed by atoms with van der Waals surface area (Å²) >= 11 is 0. The maximum Gasteiger partial charge on any atom is 0.269 e. The van der Waals surface area contributed by atoms with Crippen LogP contribution in [0.1, 0.15) is 55.5 Å². The average Bonchev–Trinajstić information content (AvgIpc) is 3.11. The molecular weight excluding hydrogens is 388 g/mol. The van der Waals surface area contributed by atoms with Crippen LogP contribution in [0.15, 0.2) is 60.7 Å². The summed E-state index contributed by atoms with van der Waals surface area (Å²) in [6.45, 7) is 4.20. The van der Waals surface area contributed by atoms with Crippen LogP contribution in [0.4, 0.5) is 5.69 Å². The van der Waals surface area contributed by atoms with Crippen LogP contribution in [0.2, 0.25) is 0 Å². The van der Waals surface area contributed by atoms with Crippen molar-refractivity contribution in [2.45, 2.75) is 46.0 Å². The number of hydrogen-bond acceptors (Lipinski definition) is 3. The molecule has 0 unspecified atom stereocenters. The van der Waals surface area contributed by atoms with Gasteiger partial charge in [0.15, 0.2) is 5.78 Å². The third kappa shape index (κ3) is 3.96. The molecule has 158 valence electrons.